The Morgan fingerprint density at radius 2 is 1.95 bits per heavy atom. The number of nitrogens with one attached hydrogen (secondary N) is 1. The van der Waals surface area contributed by atoms with Crippen molar-refractivity contribution in [3.05, 3.63) is 34.4 Å². The van der Waals surface area contributed by atoms with Crippen molar-refractivity contribution >= 4 is 11.6 Å². The zero-order valence-corrected chi connectivity index (χ0v) is 11.1. The van der Waals surface area contributed by atoms with Gasteiger partial charge in [-0.05, 0) is 12.1 Å². The van der Waals surface area contributed by atoms with E-state index in [1.807, 2.05) is 11.0 Å². The zero-order chi connectivity index (χ0) is 13.8. The smallest absolute Gasteiger partial charge is 0.142 e. The van der Waals surface area contributed by atoms with Crippen molar-refractivity contribution in [2.75, 3.05) is 26.2 Å². The lowest BCUT2D eigenvalue weighted by atomic mass is 10.0. The second-order valence-corrected chi connectivity index (χ2v) is 4.80. The Bertz CT molecular complexity index is 495. The normalized spacial score (nSPS) is 18.0. The molecule has 1 aromatic rings. The summed E-state index contributed by atoms with van der Waals surface area (Å²) in [5.41, 5.74) is 0.0881. The van der Waals surface area contributed by atoms with Gasteiger partial charge in [-0.2, -0.15) is 5.26 Å². The van der Waals surface area contributed by atoms with Crippen LogP contribution in [-0.4, -0.2) is 31.1 Å². The molecule has 3 nitrogen and oxygen atoms in total. The lowest BCUT2D eigenvalue weighted by Crippen LogP contribution is -2.45. The molecule has 1 N–H and O–H groups in total. The molecule has 1 aromatic carbocycles. The molecule has 102 valence electrons. The average Bonchev–Trinajstić information content (AvgIpc) is 2.43. The molecule has 0 aromatic heterocycles. The van der Waals surface area contributed by atoms with Crippen molar-refractivity contribution in [3.63, 3.8) is 0 Å². The summed E-state index contributed by atoms with van der Waals surface area (Å²) in [7, 11) is 0. The first-order valence-corrected chi connectivity index (χ1v) is 6.48. The first kappa shape index (κ1) is 14.2. The second kappa shape index (κ2) is 6.29. The van der Waals surface area contributed by atoms with Gasteiger partial charge in [-0.1, -0.05) is 11.6 Å². The van der Waals surface area contributed by atoms with Gasteiger partial charge in [-0.15, -0.1) is 0 Å². The summed E-state index contributed by atoms with van der Waals surface area (Å²) in [6, 6.07) is 3.58. The van der Waals surface area contributed by atoms with Gasteiger partial charge in [0.2, 0.25) is 0 Å². The van der Waals surface area contributed by atoms with Crippen LogP contribution in [-0.2, 0) is 0 Å². The van der Waals surface area contributed by atoms with Gasteiger partial charge in [-0.25, -0.2) is 8.78 Å². The molecular weight excluding hydrogens is 272 g/mol. The summed E-state index contributed by atoms with van der Waals surface area (Å²) in [4.78, 5) is 1.96. The van der Waals surface area contributed by atoms with Gasteiger partial charge < -0.3 is 5.32 Å². The highest BCUT2D eigenvalue weighted by Gasteiger charge is 2.27. The molecule has 19 heavy (non-hydrogen) atoms. The number of hydrogen-bond acceptors (Lipinski definition) is 3. The Morgan fingerprint density at radius 3 is 2.58 bits per heavy atom. The Morgan fingerprint density at radius 1 is 1.32 bits per heavy atom. The maximum Gasteiger partial charge on any atom is 0.142 e. The van der Waals surface area contributed by atoms with E-state index in [1.165, 1.54) is 0 Å². The first-order valence-electron chi connectivity index (χ1n) is 6.10. The van der Waals surface area contributed by atoms with Gasteiger partial charge in [0.05, 0.1) is 23.6 Å². The SMILES string of the molecule is N#CC[C@H](c1c(F)ccc(F)c1Cl)N1CCNCC1. The van der Waals surface area contributed by atoms with Gasteiger partial charge >= 0.3 is 0 Å². The minimum absolute atomic E-state index is 0.0834. The van der Waals surface area contributed by atoms with Crippen LogP contribution >= 0.6 is 11.6 Å². The van der Waals surface area contributed by atoms with Crippen molar-refractivity contribution in [1.29, 1.82) is 5.26 Å². The molecule has 1 aliphatic heterocycles. The number of piperazine rings is 1. The van der Waals surface area contributed by atoms with Crippen molar-refractivity contribution in [1.82, 2.24) is 10.2 Å². The highest BCUT2D eigenvalue weighted by molar-refractivity contribution is 6.31. The predicted molar refractivity (Wildman–Crippen MR) is 68.8 cm³/mol. The van der Waals surface area contributed by atoms with Gasteiger partial charge in [0.1, 0.15) is 11.6 Å². The van der Waals surface area contributed by atoms with Crippen molar-refractivity contribution in [3.8, 4) is 6.07 Å². The fraction of sp³-hybridized carbons (Fsp3) is 0.462. The Kier molecular flexibility index (Phi) is 4.70. The van der Waals surface area contributed by atoms with E-state index in [2.05, 4.69) is 5.32 Å². The van der Waals surface area contributed by atoms with E-state index < -0.39 is 17.7 Å². The van der Waals surface area contributed by atoms with E-state index in [0.29, 0.717) is 13.1 Å². The largest absolute Gasteiger partial charge is 0.314 e. The third-order valence-electron chi connectivity index (χ3n) is 3.29. The van der Waals surface area contributed by atoms with Crippen LogP contribution in [0.2, 0.25) is 5.02 Å². The molecule has 0 spiro atoms. The van der Waals surface area contributed by atoms with Gasteiger partial charge in [-0.3, -0.25) is 4.90 Å². The standard InChI is InChI=1S/C13H14ClF2N3/c14-13-10(16)2-1-9(15)12(13)11(3-4-17)19-7-5-18-6-8-19/h1-2,11,18H,3,5-8H2/t11-/m1/s1. The third kappa shape index (κ3) is 3.03. The summed E-state index contributed by atoms with van der Waals surface area (Å²) in [6.45, 7) is 2.88. The molecule has 1 heterocycles. The lowest BCUT2D eigenvalue weighted by molar-refractivity contribution is 0.172. The molecule has 1 atom stereocenters. The van der Waals surface area contributed by atoms with E-state index in [1.54, 1.807) is 0 Å². The van der Waals surface area contributed by atoms with Gasteiger partial charge in [0.15, 0.2) is 0 Å². The van der Waals surface area contributed by atoms with Crippen molar-refractivity contribution in [2.24, 2.45) is 0 Å². The minimum atomic E-state index is -0.656. The fourth-order valence-corrected chi connectivity index (χ4v) is 2.62. The molecule has 2 rings (SSSR count). The second-order valence-electron chi connectivity index (χ2n) is 4.42. The van der Waals surface area contributed by atoms with E-state index in [-0.39, 0.29) is 17.0 Å². The molecule has 0 bridgehead atoms. The number of hydrogen-bond donors (Lipinski definition) is 1. The van der Waals surface area contributed by atoms with Gasteiger partial charge in [0, 0.05) is 31.7 Å². The number of nitrogens with zero attached hydrogens (tertiary/aromatic N) is 2. The van der Waals surface area contributed by atoms with Crippen LogP contribution in [0.4, 0.5) is 8.78 Å². The summed E-state index contributed by atoms with van der Waals surface area (Å²) < 4.78 is 27.5. The highest BCUT2D eigenvalue weighted by atomic mass is 35.5. The Hall–Kier alpha value is -1.22. The first-order chi connectivity index (χ1) is 9.15. The van der Waals surface area contributed by atoms with Crippen LogP contribution in [0.1, 0.15) is 18.0 Å². The van der Waals surface area contributed by atoms with Crippen LogP contribution in [0.3, 0.4) is 0 Å². The van der Waals surface area contributed by atoms with Gasteiger partial charge in [0.25, 0.3) is 0 Å². The van der Waals surface area contributed by atoms with Crippen LogP contribution in [0.5, 0.6) is 0 Å². The summed E-state index contributed by atoms with van der Waals surface area (Å²) in [5.74, 6) is -1.22. The summed E-state index contributed by atoms with van der Waals surface area (Å²) in [6.07, 6.45) is 0.0834. The number of benzene rings is 1. The maximum atomic E-state index is 14.0. The lowest BCUT2D eigenvalue weighted by Gasteiger charge is -2.34. The third-order valence-corrected chi connectivity index (χ3v) is 3.67. The number of nitriles is 1. The monoisotopic (exact) mass is 285 g/mol. The minimum Gasteiger partial charge on any atom is -0.314 e. The van der Waals surface area contributed by atoms with E-state index >= 15 is 0 Å². The van der Waals surface area contributed by atoms with E-state index in [0.717, 1.165) is 25.2 Å². The van der Waals surface area contributed by atoms with Crippen LogP contribution in [0, 0.1) is 23.0 Å². The number of halogens is 3. The maximum absolute atomic E-state index is 14.0. The molecular formula is C13H14ClF2N3. The molecule has 1 saturated heterocycles. The molecule has 0 amide bonds. The van der Waals surface area contributed by atoms with Crippen LogP contribution in [0.25, 0.3) is 0 Å². The van der Waals surface area contributed by atoms with Crippen molar-refractivity contribution < 1.29 is 8.78 Å². The highest BCUT2D eigenvalue weighted by Crippen LogP contribution is 2.34. The van der Waals surface area contributed by atoms with Crippen molar-refractivity contribution in [2.45, 2.75) is 12.5 Å². The predicted octanol–water partition coefficient (Wildman–Crippen LogP) is 2.48. The molecule has 1 fully saturated rings. The quantitative estimate of drug-likeness (QED) is 0.867. The van der Waals surface area contributed by atoms with Crippen LogP contribution < -0.4 is 5.32 Å². The topological polar surface area (TPSA) is 39.1 Å². The average molecular weight is 286 g/mol. The van der Waals surface area contributed by atoms with E-state index in [4.69, 9.17) is 16.9 Å². The molecule has 0 saturated carbocycles. The molecule has 6 heteroatoms. The molecule has 0 radical (unpaired) electrons. The number of rotatable bonds is 3. The Labute approximate surface area is 115 Å². The molecule has 0 aliphatic carbocycles. The Balaban J connectivity index is 2.38. The molecule has 0 unspecified atom stereocenters. The fourth-order valence-electron chi connectivity index (χ4n) is 2.34. The zero-order valence-electron chi connectivity index (χ0n) is 10.3. The van der Waals surface area contributed by atoms with E-state index in [9.17, 15) is 8.78 Å². The molecule has 1 aliphatic rings. The summed E-state index contributed by atoms with van der Waals surface area (Å²) in [5, 5.41) is 11.9. The summed E-state index contributed by atoms with van der Waals surface area (Å²) >= 11 is 5.88. The van der Waals surface area contributed by atoms with Crippen LogP contribution in [0.15, 0.2) is 12.1 Å².